The van der Waals surface area contributed by atoms with Crippen molar-refractivity contribution in [3.63, 3.8) is 0 Å². The van der Waals surface area contributed by atoms with Crippen LogP contribution in [0.25, 0.3) is 0 Å². The van der Waals surface area contributed by atoms with E-state index in [9.17, 15) is 37.1 Å². The van der Waals surface area contributed by atoms with Crippen molar-refractivity contribution in [1.29, 1.82) is 0 Å². The molecule has 138 valence electrons. The zero-order chi connectivity index (χ0) is 19.0. The van der Waals surface area contributed by atoms with Crippen LogP contribution >= 0.6 is 0 Å². The molecule has 0 aliphatic carbocycles. The molecule has 0 radical (unpaired) electrons. The zero-order valence-electron chi connectivity index (χ0n) is 13.1. The Morgan fingerprint density at radius 3 is 2.12 bits per heavy atom. The van der Waals surface area contributed by atoms with E-state index in [0.717, 1.165) is 0 Å². The molecule has 1 aromatic rings. The third-order valence-electron chi connectivity index (χ3n) is 3.39. The van der Waals surface area contributed by atoms with Crippen LogP contribution in [0.3, 0.4) is 0 Å². The molecule has 1 rings (SSSR count). The molecule has 0 saturated carbocycles. The zero-order valence-corrected chi connectivity index (χ0v) is 13.1. The summed E-state index contributed by atoms with van der Waals surface area (Å²) in [5.74, 6) is -3.30. The van der Waals surface area contributed by atoms with E-state index in [4.69, 9.17) is 0 Å². The van der Waals surface area contributed by atoms with Crippen molar-refractivity contribution in [3.05, 3.63) is 35.4 Å². The van der Waals surface area contributed by atoms with E-state index in [1.807, 2.05) is 0 Å². The summed E-state index contributed by atoms with van der Waals surface area (Å²) in [7, 11) is 0. The van der Waals surface area contributed by atoms with Gasteiger partial charge in [0, 0.05) is 12.8 Å². The molecule has 1 aromatic carbocycles. The lowest BCUT2D eigenvalue weighted by Gasteiger charge is -2.21. The Bertz CT molecular complexity index is 607. The number of hydrogen-bond acceptors (Lipinski definition) is 4. The molecule has 0 bridgehead atoms. The summed E-state index contributed by atoms with van der Waals surface area (Å²) in [6.07, 6.45) is -5.66. The van der Waals surface area contributed by atoms with Crippen molar-refractivity contribution in [1.82, 2.24) is 5.32 Å². The molecule has 0 aliphatic rings. The number of nitrogens with one attached hydrogen (secondary N) is 1. The van der Waals surface area contributed by atoms with Crippen molar-refractivity contribution >= 4 is 17.5 Å². The van der Waals surface area contributed by atoms with Gasteiger partial charge in [0.15, 0.2) is 0 Å². The first kappa shape index (κ1) is 20.8. The number of hydrogen-bond donors (Lipinski definition) is 2. The summed E-state index contributed by atoms with van der Waals surface area (Å²) in [5, 5.41) is 11.7. The van der Waals surface area contributed by atoms with E-state index in [1.165, 1.54) is 24.3 Å². The second-order valence-corrected chi connectivity index (χ2v) is 5.22. The average Bonchev–Trinajstić information content (AvgIpc) is 2.59. The molecule has 0 saturated heterocycles. The van der Waals surface area contributed by atoms with Gasteiger partial charge >= 0.3 is 6.43 Å². The van der Waals surface area contributed by atoms with Crippen LogP contribution < -0.4 is 5.32 Å². The lowest BCUT2D eigenvalue weighted by molar-refractivity contribution is -0.136. The first-order valence-electron chi connectivity index (χ1n) is 7.33. The van der Waals surface area contributed by atoms with Gasteiger partial charge in [-0.05, 0) is 11.1 Å². The molecule has 9 heteroatoms. The predicted octanol–water partition coefficient (Wildman–Crippen LogP) is 1.48. The highest BCUT2D eigenvalue weighted by molar-refractivity contribution is 6.37. The molecule has 1 amide bonds. The topological polar surface area (TPSA) is 83.5 Å². The highest BCUT2D eigenvalue weighted by atomic mass is 19.3. The van der Waals surface area contributed by atoms with Crippen molar-refractivity contribution in [2.75, 3.05) is 13.3 Å². The maximum absolute atomic E-state index is 12.9. The van der Waals surface area contributed by atoms with Crippen molar-refractivity contribution in [3.8, 4) is 0 Å². The van der Waals surface area contributed by atoms with E-state index in [-0.39, 0.29) is 12.0 Å². The highest BCUT2D eigenvalue weighted by Gasteiger charge is 2.26. The van der Waals surface area contributed by atoms with Gasteiger partial charge in [-0.15, -0.1) is 0 Å². The molecule has 0 aliphatic heterocycles. The number of Topliss-reactive ketones (excluding diaryl/α,β-unsaturated/α-hetero) is 2. The molecule has 0 unspecified atom stereocenters. The summed E-state index contributed by atoms with van der Waals surface area (Å²) in [6.45, 7) is -2.19. The third kappa shape index (κ3) is 6.26. The third-order valence-corrected chi connectivity index (χ3v) is 3.39. The van der Waals surface area contributed by atoms with Crippen LogP contribution in [-0.2, 0) is 20.8 Å². The van der Waals surface area contributed by atoms with Gasteiger partial charge in [-0.3, -0.25) is 18.8 Å². The van der Waals surface area contributed by atoms with E-state index in [1.54, 1.807) is 5.32 Å². The fourth-order valence-corrected chi connectivity index (χ4v) is 2.02. The first-order chi connectivity index (χ1) is 11.8. The normalized spacial score (nSPS) is 13.4. The second kappa shape index (κ2) is 9.87. The lowest BCUT2D eigenvalue weighted by atomic mass is 9.99. The van der Waals surface area contributed by atoms with Gasteiger partial charge in [-0.2, -0.15) is 8.78 Å². The Hall–Kier alpha value is -2.29. The smallest absolute Gasteiger partial charge is 0.315 e. The maximum Gasteiger partial charge on any atom is 0.315 e. The van der Waals surface area contributed by atoms with Crippen LogP contribution in [0, 0.1) is 0 Å². The summed E-state index contributed by atoms with van der Waals surface area (Å²) in [4.78, 5) is 33.7. The van der Waals surface area contributed by atoms with Crippen LogP contribution in [0.2, 0.25) is 0 Å². The highest BCUT2D eigenvalue weighted by Crippen LogP contribution is 2.19. The van der Waals surface area contributed by atoms with Crippen LogP contribution in [0.4, 0.5) is 17.6 Å². The quantitative estimate of drug-likeness (QED) is 0.487. The lowest BCUT2D eigenvalue weighted by Crippen LogP contribution is -2.43. The number of amides is 1. The fraction of sp³-hybridized carbons (Fsp3) is 0.438. The molecule has 0 aromatic heterocycles. The van der Waals surface area contributed by atoms with Crippen LogP contribution in [0.5, 0.6) is 0 Å². The second-order valence-electron chi connectivity index (χ2n) is 5.22. The minimum atomic E-state index is -3.34. The number of benzene rings is 1. The number of rotatable bonds is 10. The Labute approximate surface area is 141 Å². The number of aliphatic hydroxyl groups excluding tert-OH is 1. The summed E-state index contributed by atoms with van der Waals surface area (Å²) in [6, 6.07) is 3.82. The van der Waals surface area contributed by atoms with Gasteiger partial charge in [0.05, 0.1) is 12.7 Å². The van der Waals surface area contributed by atoms with E-state index >= 15 is 0 Å². The number of carbonyl (C=O) groups excluding carboxylic acids is 3. The molecular formula is C16H17F4NO4. The average molecular weight is 363 g/mol. The van der Waals surface area contributed by atoms with Crippen LogP contribution in [0.1, 0.15) is 23.7 Å². The van der Waals surface area contributed by atoms with Crippen molar-refractivity contribution < 1.29 is 37.1 Å². The van der Waals surface area contributed by atoms with Gasteiger partial charge in [-0.25, -0.2) is 4.39 Å². The molecule has 2 N–H and O–H groups in total. The number of ketones is 2. The van der Waals surface area contributed by atoms with Gasteiger partial charge in [0.2, 0.25) is 11.6 Å². The van der Waals surface area contributed by atoms with Gasteiger partial charge in [-0.1, -0.05) is 24.3 Å². The number of aliphatic hydroxyl groups is 1. The molecule has 25 heavy (non-hydrogen) atoms. The summed E-state index contributed by atoms with van der Waals surface area (Å²) in [5.41, 5.74) is 0.532. The molecule has 0 heterocycles. The molecule has 2 atom stereocenters. The van der Waals surface area contributed by atoms with Crippen LogP contribution in [-0.4, -0.2) is 48.4 Å². The number of halogens is 4. The van der Waals surface area contributed by atoms with E-state index in [0.29, 0.717) is 5.56 Å². The number of alkyl halides is 4. The fourth-order valence-electron chi connectivity index (χ4n) is 2.02. The molecular weight excluding hydrogens is 346 g/mol. The number of carbonyl (C=O) groups is 3. The monoisotopic (exact) mass is 363 g/mol. The SMILES string of the molecule is O=C(CCF)C(=O)Cc1ccc([C@@H](O)[C@@H](CF)NC(=O)C(F)F)cc1. The largest absolute Gasteiger partial charge is 0.386 e. The van der Waals surface area contributed by atoms with E-state index < -0.39 is 55.8 Å². The Kier molecular flexibility index (Phi) is 8.20. The predicted molar refractivity (Wildman–Crippen MR) is 79.6 cm³/mol. The summed E-state index contributed by atoms with van der Waals surface area (Å²) >= 11 is 0. The van der Waals surface area contributed by atoms with Crippen molar-refractivity contribution in [2.24, 2.45) is 0 Å². The van der Waals surface area contributed by atoms with Crippen LogP contribution in [0.15, 0.2) is 24.3 Å². The maximum atomic E-state index is 12.9. The van der Waals surface area contributed by atoms with Gasteiger partial charge < -0.3 is 10.4 Å². The molecule has 5 nitrogen and oxygen atoms in total. The van der Waals surface area contributed by atoms with Crippen molar-refractivity contribution in [2.45, 2.75) is 31.4 Å². The molecule has 0 spiro atoms. The van der Waals surface area contributed by atoms with Gasteiger partial charge in [0.1, 0.15) is 12.8 Å². The standard InChI is InChI=1S/C16H17F4NO4/c17-6-5-12(22)13(23)7-9-1-3-10(4-2-9)14(24)11(8-18)21-16(25)15(19)20/h1-4,11,14-15,24H,5-8H2,(H,21,25)/t11-,14-/m1/s1. The molecule has 0 fully saturated rings. The van der Waals surface area contributed by atoms with Gasteiger partial charge in [0.25, 0.3) is 5.91 Å². The Morgan fingerprint density at radius 1 is 1.04 bits per heavy atom. The Balaban J connectivity index is 2.75. The Morgan fingerprint density at radius 2 is 1.64 bits per heavy atom. The first-order valence-corrected chi connectivity index (χ1v) is 7.33. The summed E-state index contributed by atoms with van der Waals surface area (Å²) < 4.78 is 49.3. The van der Waals surface area contributed by atoms with E-state index in [2.05, 4.69) is 0 Å². The minimum Gasteiger partial charge on any atom is -0.386 e. The minimum absolute atomic E-state index is 0.128.